The van der Waals surface area contributed by atoms with E-state index in [0.717, 1.165) is 25.7 Å². The average Bonchev–Trinajstić information content (AvgIpc) is 3.51. The first kappa shape index (κ1) is 31.0. The van der Waals surface area contributed by atoms with Crippen LogP contribution >= 0.6 is 0 Å². The van der Waals surface area contributed by atoms with Crippen LogP contribution in [0.2, 0.25) is 0 Å². The first-order valence-corrected chi connectivity index (χ1v) is 14.8. The Morgan fingerprint density at radius 1 is 1.14 bits per heavy atom. The molecule has 3 amide bonds. The quantitative estimate of drug-likeness (QED) is 0.174. The first-order chi connectivity index (χ1) is 21.1. The Balaban J connectivity index is 1.33. The number of hydrogen-bond acceptors (Lipinski definition) is 10. The van der Waals surface area contributed by atoms with Crippen molar-refractivity contribution in [1.82, 2.24) is 35.8 Å². The molecule has 0 bridgehead atoms. The fraction of sp³-hybridized carbons (Fsp3) is 0.444. The van der Waals surface area contributed by atoms with Gasteiger partial charge in [-0.1, -0.05) is 6.07 Å². The van der Waals surface area contributed by atoms with E-state index in [2.05, 4.69) is 41.7 Å². The second-order valence-electron chi connectivity index (χ2n) is 12.0. The van der Waals surface area contributed by atoms with E-state index in [4.69, 9.17) is 9.47 Å². The van der Waals surface area contributed by atoms with E-state index in [1.54, 1.807) is 18.3 Å². The number of anilines is 3. The van der Waals surface area contributed by atoms with Gasteiger partial charge in [0, 0.05) is 30.7 Å². The topological polar surface area (TPSA) is 174 Å². The van der Waals surface area contributed by atoms with E-state index in [1.165, 1.54) is 11.9 Å². The number of carbonyl (C=O) groups is 3. The highest BCUT2D eigenvalue weighted by Crippen LogP contribution is 2.38. The van der Waals surface area contributed by atoms with E-state index < -0.39 is 11.1 Å². The lowest BCUT2D eigenvalue weighted by molar-refractivity contribution is -0.123. The molecule has 0 radical (unpaired) electrons. The van der Waals surface area contributed by atoms with Crippen molar-refractivity contribution in [2.75, 3.05) is 30.9 Å². The molecule has 14 nitrogen and oxygen atoms in total. The van der Waals surface area contributed by atoms with Gasteiger partial charge in [-0.15, -0.1) is 10.2 Å². The highest BCUT2D eigenvalue weighted by Gasteiger charge is 2.30. The van der Waals surface area contributed by atoms with Crippen molar-refractivity contribution in [1.29, 1.82) is 0 Å². The summed E-state index contributed by atoms with van der Waals surface area (Å²) < 4.78 is 11.3. The average molecular weight is 599 g/mol. The van der Waals surface area contributed by atoms with Crippen molar-refractivity contribution in [2.45, 2.75) is 50.0 Å². The Morgan fingerprint density at radius 2 is 1.95 bits per heavy atom. The SMILES string of the molecule is BC(B)(B)NC(=O)c1nnc(NC(=O)C2CC2)cc1Nc1cccc(-c2cnn(CCNC(=O)CC3CCCO3)n2)c1OC. The molecule has 1 aliphatic carbocycles. The number of carbonyl (C=O) groups excluding carboxylic acids is 3. The first-order valence-electron chi connectivity index (χ1n) is 14.8. The molecule has 3 heterocycles. The van der Waals surface area contributed by atoms with Gasteiger partial charge in [-0.2, -0.15) is 15.0 Å². The second kappa shape index (κ2) is 13.5. The Bertz CT molecular complexity index is 1520. The van der Waals surface area contributed by atoms with Crippen LogP contribution in [0.5, 0.6) is 5.75 Å². The molecule has 4 N–H and O–H groups in total. The van der Waals surface area contributed by atoms with Gasteiger partial charge in [-0.05, 0) is 43.1 Å². The van der Waals surface area contributed by atoms with Crippen molar-refractivity contribution in [3.8, 4) is 17.0 Å². The van der Waals surface area contributed by atoms with Gasteiger partial charge in [0.25, 0.3) is 5.91 Å². The second-order valence-corrected chi connectivity index (χ2v) is 12.0. The third-order valence-electron chi connectivity index (χ3n) is 7.07. The number of ether oxygens (including phenoxy) is 2. The minimum atomic E-state index is -0.508. The molecule has 2 aromatic heterocycles. The molecule has 1 aromatic carbocycles. The smallest absolute Gasteiger partial charge is 0.272 e. The lowest BCUT2D eigenvalue weighted by atomic mass is 9.49. The number of aromatic nitrogens is 5. The fourth-order valence-corrected chi connectivity index (χ4v) is 4.80. The number of benzene rings is 1. The molecule has 2 fully saturated rings. The number of hydrogen-bond donors (Lipinski definition) is 4. The van der Waals surface area contributed by atoms with Crippen LogP contribution < -0.4 is 26.0 Å². The Morgan fingerprint density at radius 3 is 2.66 bits per heavy atom. The fourth-order valence-electron chi connectivity index (χ4n) is 4.80. The van der Waals surface area contributed by atoms with Crippen LogP contribution in [-0.2, 0) is 20.9 Å². The molecule has 1 saturated carbocycles. The van der Waals surface area contributed by atoms with Crippen LogP contribution in [0.15, 0.2) is 30.5 Å². The maximum atomic E-state index is 13.2. The molecule has 1 atom stereocenters. The minimum absolute atomic E-state index is 0.00209. The van der Waals surface area contributed by atoms with E-state index in [0.29, 0.717) is 54.5 Å². The van der Waals surface area contributed by atoms with Crippen molar-refractivity contribution < 1.29 is 23.9 Å². The molecule has 3 aromatic rings. The Kier molecular flexibility index (Phi) is 9.52. The van der Waals surface area contributed by atoms with Gasteiger partial charge in [0.1, 0.15) is 29.2 Å². The van der Waals surface area contributed by atoms with Crippen LogP contribution in [-0.4, -0.2) is 98.1 Å². The molecule has 2 aliphatic rings. The maximum Gasteiger partial charge on any atom is 0.272 e. The van der Waals surface area contributed by atoms with Gasteiger partial charge in [0.2, 0.25) is 11.8 Å². The summed E-state index contributed by atoms with van der Waals surface area (Å²) in [6.45, 7) is 1.49. The number of para-hydroxylation sites is 1. The lowest BCUT2D eigenvalue weighted by Gasteiger charge is -2.22. The van der Waals surface area contributed by atoms with Gasteiger partial charge in [0.05, 0.1) is 43.8 Å². The third kappa shape index (κ3) is 8.15. The van der Waals surface area contributed by atoms with E-state index in [-0.39, 0.29) is 35.3 Å². The summed E-state index contributed by atoms with van der Waals surface area (Å²) in [5.74, 6) is 0.0755. The molecule has 1 aliphatic heterocycles. The van der Waals surface area contributed by atoms with Gasteiger partial charge < -0.3 is 30.7 Å². The molecule has 1 unspecified atom stereocenters. The summed E-state index contributed by atoms with van der Waals surface area (Å²) in [6.07, 6.45) is 5.57. The summed E-state index contributed by atoms with van der Waals surface area (Å²) in [4.78, 5) is 39.3. The van der Waals surface area contributed by atoms with Crippen molar-refractivity contribution in [2.24, 2.45) is 5.92 Å². The summed E-state index contributed by atoms with van der Waals surface area (Å²) in [6, 6.07) is 7.05. The highest BCUT2D eigenvalue weighted by atomic mass is 16.5. The molecule has 0 spiro atoms. The van der Waals surface area contributed by atoms with Crippen molar-refractivity contribution in [3.63, 3.8) is 0 Å². The lowest BCUT2D eigenvalue weighted by Crippen LogP contribution is -2.50. The molecular formula is C27H36B3N9O5. The zero-order chi connectivity index (χ0) is 31.3. The number of methoxy groups -OCH3 is 1. The standard InChI is InChI=1S/C27H36B3N9O5/c1-43-24-17(20-14-32-39(38-20)10-9-31-22(40)12-16-4-3-11-44-16)5-2-6-18(24)33-19-13-21(34-25(41)15-7-8-15)36-37-23(19)26(42)35-27(28,29)30/h2,5-6,13-16H,3-4,7-12,28-30H2,1H3,(H,31,40)(H,35,42)(H2,33,34,36,41). The number of nitrogens with one attached hydrogen (secondary N) is 4. The summed E-state index contributed by atoms with van der Waals surface area (Å²) >= 11 is 0. The molecule has 44 heavy (non-hydrogen) atoms. The summed E-state index contributed by atoms with van der Waals surface area (Å²) in [5, 5.41) is 28.5. The molecule has 17 heteroatoms. The molecule has 1 saturated heterocycles. The van der Waals surface area contributed by atoms with Crippen molar-refractivity contribution in [3.05, 3.63) is 36.2 Å². The molecule has 5 rings (SSSR count). The van der Waals surface area contributed by atoms with Crippen LogP contribution in [0, 0.1) is 5.92 Å². The third-order valence-corrected chi connectivity index (χ3v) is 7.07. The van der Waals surface area contributed by atoms with E-state index >= 15 is 0 Å². The predicted molar refractivity (Wildman–Crippen MR) is 171 cm³/mol. The summed E-state index contributed by atoms with van der Waals surface area (Å²) in [5.41, 5.74) is 2.16. The zero-order valence-corrected chi connectivity index (χ0v) is 25.5. The summed E-state index contributed by atoms with van der Waals surface area (Å²) in [7, 11) is 7.15. The van der Waals surface area contributed by atoms with E-state index in [1.807, 2.05) is 35.7 Å². The van der Waals surface area contributed by atoms with Gasteiger partial charge >= 0.3 is 0 Å². The molecular weight excluding hydrogens is 563 g/mol. The van der Waals surface area contributed by atoms with Crippen molar-refractivity contribution >= 4 is 58.5 Å². The van der Waals surface area contributed by atoms with Crippen LogP contribution in [0.3, 0.4) is 0 Å². The number of nitrogens with zero attached hydrogens (tertiary/aromatic N) is 5. The van der Waals surface area contributed by atoms with Gasteiger partial charge in [-0.25, -0.2) is 0 Å². The van der Waals surface area contributed by atoms with E-state index in [9.17, 15) is 14.4 Å². The largest absolute Gasteiger partial charge is 0.494 e. The Labute approximate surface area is 258 Å². The number of amides is 3. The van der Waals surface area contributed by atoms with Gasteiger partial charge in [0.15, 0.2) is 17.3 Å². The van der Waals surface area contributed by atoms with Crippen LogP contribution in [0.25, 0.3) is 11.3 Å². The predicted octanol–water partition coefficient (Wildman–Crippen LogP) is -1.24. The monoisotopic (exact) mass is 599 g/mol. The molecule has 228 valence electrons. The van der Waals surface area contributed by atoms with Crippen LogP contribution in [0.4, 0.5) is 17.2 Å². The minimum Gasteiger partial charge on any atom is -0.494 e. The Hall–Kier alpha value is -4.40. The highest BCUT2D eigenvalue weighted by molar-refractivity contribution is 6.60. The van der Waals surface area contributed by atoms with Crippen LogP contribution in [0.1, 0.15) is 42.6 Å². The number of rotatable bonds is 13. The van der Waals surface area contributed by atoms with Gasteiger partial charge in [-0.3, -0.25) is 14.4 Å². The normalized spacial score (nSPS) is 16.2. The zero-order valence-electron chi connectivity index (χ0n) is 25.5. The maximum absolute atomic E-state index is 13.2.